The molecule has 2 atom stereocenters. The van der Waals surface area contributed by atoms with Crippen LogP contribution < -0.4 is 5.32 Å². The normalized spacial score (nSPS) is 23.2. The summed E-state index contributed by atoms with van der Waals surface area (Å²) in [6, 6.07) is 0.585. The molecule has 1 aliphatic heterocycles. The number of likely N-dealkylation sites (tertiary alicyclic amines) is 1. The fraction of sp³-hybridized carbons (Fsp3) is 0.786. The first-order chi connectivity index (χ1) is 8.69. The zero-order chi connectivity index (χ0) is 13.0. The predicted octanol–water partition coefficient (Wildman–Crippen LogP) is 2.53. The standard InChI is InChI=1S/C14H25N3S/c1-4-13-8-16-14(18-13)9-15-11(2)12-6-5-7-17(3)10-12/h8,11-12,15H,4-7,9-10H2,1-3H3. The van der Waals surface area contributed by atoms with Gasteiger partial charge in [0.15, 0.2) is 0 Å². The first-order valence-corrected chi connectivity index (χ1v) is 7.86. The fourth-order valence-electron chi connectivity index (χ4n) is 2.62. The average molecular weight is 267 g/mol. The first kappa shape index (κ1) is 14.0. The lowest BCUT2D eigenvalue weighted by Crippen LogP contribution is -2.42. The van der Waals surface area contributed by atoms with Crippen molar-refractivity contribution in [1.82, 2.24) is 15.2 Å². The molecule has 1 aromatic rings. The summed E-state index contributed by atoms with van der Waals surface area (Å²) in [7, 11) is 2.23. The molecule has 0 saturated carbocycles. The minimum Gasteiger partial charge on any atom is -0.308 e. The molecular formula is C14H25N3S. The Balaban J connectivity index is 1.78. The van der Waals surface area contributed by atoms with E-state index in [0.29, 0.717) is 6.04 Å². The van der Waals surface area contributed by atoms with Crippen LogP contribution in [-0.2, 0) is 13.0 Å². The van der Waals surface area contributed by atoms with Gasteiger partial charge >= 0.3 is 0 Å². The van der Waals surface area contributed by atoms with Crippen LogP contribution in [0.4, 0.5) is 0 Å². The summed E-state index contributed by atoms with van der Waals surface area (Å²) in [5, 5.41) is 4.87. The molecule has 2 unspecified atom stereocenters. The molecule has 0 radical (unpaired) electrons. The number of hydrogen-bond donors (Lipinski definition) is 1. The summed E-state index contributed by atoms with van der Waals surface area (Å²) >= 11 is 1.84. The molecule has 1 saturated heterocycles. The van der Waals surface area contributed by atoms with E-state index in [1.807, 2.05) is 17.5 Å². The van der Waals surface area contributed by atoms with Crippen LogP contribution >= 0.6 is 11.3 Å². The second-order valence-electron chi connectivity index (χ2n) is 5.41. The van der Waals surface area contributed by atoms with Crippen LogP contribution in [0.25, 0.3) is 0 Å². The van der Waals surface area contributed by atoms with E-state index in [-0.39, 0.29) is 0 Å². The third-order valence-corrected chi connectivity index (χ3v) is 5.03. The summed E-state index contributed by atoms with van der Waals surface area (Å²) in [6.45, 7) is 7.91. The summed E-state index contributed by atoms with van der Waals surface area (Å²) in [5.74, 6) is 0.786. The van der Waals surface area contributed by atoms with Gasteiger partial charge in [-0.15, -0.1) is 11.3 Å². The Morgan fingerprint density at radius 1 is 1.61 bits per heavy atom. The molecule has 0 aromatic carbocycles. The number of piperidine rings is 1. The molecule has 0 amide bonds. The molecule has 4 heteroatoms. The monoisotopic (exact) mass is 267 g/mol. The predicted molar refractivity (Wildman–Crippen MR) is 78.0 cm³/mol. The van der Waals surface area contributed by atoms with E-state index in [9.17, 15) is 0 Å². The Labute approximate surface area is 115 Å². The lowest BCUT2D eigenvalue weighted by molar-refractivity contribution is 0.178. The van der Waals surface area contributed by atoms with Crippen LogP contribution in [-0.4, -0.2) is 36.1 Å². The molecule has 2 heterocycles. The second-order valence-corrected chi connectivity index (χ2v) is 6.61. The largest absolute Gasteiger partial charge is 0.308 e. The number of thiazole rings is 1. The van der Waals surface area contributed by atoms with E-state index in [0.717, 1.165) is 18.9 Å². The maximum Gasteiger partial charge on any atom is 0.107 e. The molecule has 3 nitrogen and oxygen atoms in total. The highest BCUT2D eigenvalue weighted by Gasteiger charge is 2.22. The summed E-state index contributed by atoms with van der Waals surface area (Å²) < 4.78 is 0. The summed E-state index contributed by atoms with van der Waals surface area (Å²) in [6.07, 6.45) is 5.81. The van der Waals surface area contributed by atoms with Crippen LogP contribution in [0.3, 0.4) is 0 Å². The molecule has 0 spiro atoms. The van der Waals surface area contributed by atoms with Gasteiger partial charge in [-0.05, 0) is 45.7 Å². The van der Waals surface area contributed by atoms with E-state index in [4.69, 9.17) is 0 Å². The van der Waals surface area contributed by atoms with Crippen LogP contribution in [0.1, 0.15) is 36.6 Å². The Bertz CT molecular complexity index is 364. The molecule has 1 fully saturated rings. The van der Waals surface area contributed by atoms with Gasteiger partial charge in [-0.2, -0.15) is 0 Å². The number of hydrogen-bond acceptors (Lipinski definition) is 4. The van der Waals surface area contributed by atoms with Gasteiger partial charge < -0.3 is 10.2 Å². The Hall–Kier alpha value is -0.450. The van der Waals surface area contributed by atoms with E-state index in [2.05, 4.69) is 36.1 Å². The quantitative estimate of drug-likeness (QED) is 0.888. The lowest BCUT2D eigenvalue weighted by Gasteiger charge is -2.33. The van der Waals surface area contributed by atoms with Crippen LogP contribution in [0.5, 0.6) is 0 Å². The van der Waals surface area contributed by atoms with Crippen molar-refractivity contribution < 1.29 is 0 Å². The van der Waals surface area contributed by atoms with Crippen molar-refractivity contribution >= 4 is 11.3 Å². The molecule has 1 aliphatic rings. The average Bonchev–Trinajstić information content (AvgIpc) is 2.84. The van der Waals surface area contributed by atoms with E-state index >= 15 is 0 Å². The topological polar surface area (TPSA) is 28.2 Å². The zero-order valence-corrected chi connectivity index (χ0v) is 12.6. The third kappa shape index (κ3) is 3.77. The molecule has 1 aromatic heterocycles. The van der Waals surface area contributed by atoms with Gasteiger partial charge in [-0.25, -0.2) is 4.98 Å². The molecular weight excluding hydrogens is 242 g/mol. The maximum atomic E-state index is 4.46. The molecule has 102 valence electrons. The SMILES string of the molecule is CCc1cnc(CNC(C)C2CCCN(C)C2)s1. The molecule has 0 aliphatic carbocycles. The van der Waals surface area contributed by atoms with Gasteiger partial charge in [-0.3, -0.25) is 0 Å². The highest BCUT2D eigenvalue weighted by molar-refractivity contribution is 7.11. The summed E-state index contributed by atoms with van der Waals surface area (Å²) in [4.78, 5) is 8.30. The Morgan fingerprint density at radius 3 is 3.11 bits per heavy atom. The van der Waals surface area contributed by atoms with Crippen molar-refractivity contribution in [3.8, 4) is 0 Å². The number of aryl methyl sites for hydroxylation is 1. The van der Waals surface area contributed by atoms with Crippen molar-refractivity contribution in [2.24, 2.45) is 5.92 Å². The Kier molecular flexibility index (Phi) is 5.15. The van der Waals surface area contributed by atoms with E-state index in [1.165, 1.54) is 35.8 Å². The minimum absolute atomic E-state index is 0.585. The smallest absolute Gasteiger partial charge is 0.107 e. The van der Waals surface area contributed by atoms with E-state index < -0.39 is 0 Å². The lowest BCUT2D eigenvalue weighted by atomic mass is 9.92. The van der Waals surface area contributed by atoms with Crippen molar-refractivity contribution in [2.75, 3.05) is 20.1 Å². The van der Waals surface area contributed by atoms with Gasteiger partial charge in [0, 0.05) is 30.2 Å². The summed E-state index contributed by atoms with van der Waals surface area (Å²) in [5.41, 5.74) is 0. The van der Waals surface area contributed by atoms with Gasteiger partial charge in [0.1, 0.15) is 5.01 Å². The van der Waals surface area contributed by atoms with Crippen LogP contribution in [0.15, 0.2) is 6.20 Å². The van der Waals surface area contributed by atoms with Gasteiger partial charge in [-0.1, -0.05) is 6.92 Å². The zero-order valence-electron chi connectivity index (χ0n) is 11.8. The van der Waals surface area contributed by atoms with E-state index in [1.54, 1.807) is 0 Å². The van der Waals surface area contributed by atoms with Gasteiger partial charge in [0.05, 0.1) is 0 Å². The fourth-order valence-corrected chi connectivity index (χ4v) is 3.44. The van der Waals surface area contributed by atoms with Crippen LogP contribution in [0, 0.1) is 5.92 Å². The number of nitrogens with zero attached hydrogens (tertiary/aromatic N) is 2. The van der Waals surface area contributed by atoms with Crippen molar-refractivity contribution in [3.63, 3.8) is 0 Å². The highest BCUT2D eigenvalue weighted by atomic mass is 32.1. The molecule has 18 heavy (non-hydrogen) atoms. The minimum atomic E-state index is 0.585. The Morgan fingerprint density at radius 2 is 2.44 bits per heavy atom. The second kappa shape index (κ2) is 6.64. The van der Waals surface area contributed by atoms with Gasteiger partial charge in [0.2, 0.25) is 0 Å². The van der Waals surface area contributed by atoms with Crippen molar-refractivity contribution in [1.29, 1.82) is 0 Å². The molecule has 0 bridgehead atoms. The van der Waals surface area contributed by atoms with Crippen molar-refractivity contribution in [2.45, 2.75) is 45.7 Å². The molecule has 1 N–H and O–H groups in total. The first-order valence-electron chi connectivity index (χ1n) is 7.04. The number of aromatic nitrogens is 1. The van der Waals surface area contributed by atoms with Crippen LogP contribution in [0.2, 0.25) is 0 Å². The van der Waals surface area contributed by atoms with Gasteiger partial charge in [0.25, 0.3) is 0 Å². The third-order valence-electron chi connectivity index (χ3n) is 3.89. The highest BCUT2D eigenvalue weighted by Crippen LogP contribution is 2.19. The number of nitrogens with one attached hydrogen (secondary N) is 1. The molecule has 2 rings (SSSR count). The maximum absolute atomic E-state index is 4.46. The number of rotatable bonds is 5. The van der Waals surface area contributed by atoms with Crippen molar-refractivity contribution in [3.05, 3.63) is 16.1 Å².